The van der Waals surface area contributed by atoms with E-state index in [0.717, 1.165) is 31.7 Å². The molecule has 124 valence electrons. The summed E-state index contributed by atoms with van der Waals surface area (Å²) in [6.45, 7) is 9.21. The molecule has 0 radical (unpaired) electrons. The fourth-order valence-corrected chi connectivity index (χ4v) is 2.31. The number of nitrogens with one attached hydrogen (secondary N) is 2. The van der Waals surface area contributed by atoms with Gasteiger partial charge in [0.15, 0.2) is 0 Å². The van der Waals surface area contributed by atoms with Gasteiger partial charge < -0.3 is 15.5 Å². The third-order valence-corrected chi connectivity index (χ3v) is 3.50. The number of benzene rings is 1. The first kappa shape index (κ1) is 18.7. The zero-order chi connectivity index (χ0) is 16.6. The first-order chi connectivity index (χ1) is 10.3. The second-order valence-electron chi connectivity index (χ2n) is 7.00. The highest BCUT2D eigenvalue weighted by Gasteiger charge is 2.18. The summed E-state index contributed by atoms with van der Waals surface area (Å²) in [6.07, 6.45) is 1.60. The standard InChI is InChI=1S/C18H31N3O/c1-18(2,3)15-9-6-7-10-16(15)20-17(22)11-13-19-12-8-14-21(4)5/h6-7,9-10,19H,8,11-14H2,1-5H3,(H,20,22). The molecular weight excluding hydrogens is 274 g/mol. The summed E-state index contributed by atoms with van der Waals surface area (Å²) in [4.78, 5) is 14.2. The quantitative estimate of drug-likeness (QED) is 0.726. The molecule has 0 unspecified atom stereocenters. The number of hydrogen-bond donors (Lipinski definition) is 2. The van der Waals surface area contributed by atoms with Gasteiger partial charge in [0.25, 0.3) is 0 Å². The number of rotatable bonds is 8. The molecule has 0 aromatic heterocycles. The Hall–Kier alpha value is -1.39. The summed E-state index contributed by atoms with van der Waals surface area (Å²) in [5, 5.41) is 6.35. The molecule has 0 aliphatic rings. The Balaban J connectivity index is 2.37. The Kier molecular flexibility index (Phi) is 7.56. The zero-order valence-corrected chi connectivity index (χ0v) is 14.7. The van der Waals surface area contributed by atoms with Crippen LogP contribution < -0.4 is 10.6 Å². The van der Waals surface area contributed by atoms with Gasteiger partial charge in [-0.2, -0.15) is 0 Å². The lowest BCUT2D eigenvalue weighted by Gasteiger charge is -2.23. The zero-order valence-electron chi connectivity index (χ0n) is 14.7. The van der Waals surface area contributed by atoms with Crippen LogP contribution in [0.25, 0.3) is 0 Å². The smallest absolute Gasteiger partial charge is 0.225 e. The number of carbonyl (C=O) groups excluding carboxylic acids is 1. The number of hydrogen-bond acceptors (Lipinski definition) is 3. The van der Waals surface area contributed by atoms with E-state index in [2.05, 4.69) is 56.5 Å². The maximum absolute atomic E-state index is 12.1. The monoisotopic (exact) mass is 305 g/mol. The molecule has 0 atom stereocenters. The molecular formula is C18H31N3O. The van der Waals surface area contributed by atoms with Crippen molar-refractivity contribution in [1.82, 2.24) is 10.2 Å². The molecule has 0 spiro atoms. The van der Waals surface area contributed by atoms with Crippen molar-refractivity contribution in [1.29, 1.82) is 0 Å². The molecule has 1 rings (SSSR count). The number of anilines is 1. The second-order valence-corrected chi connectivity index (χ2v) is 7.00. The largest absolute Gasteiger partial charge is 0.326 e. The minimum Gasteiger partial charge on any atom is -0.326 e. The molecule has 2 N–H and O–H groups in total. The lowest BCUT2D eigenvalue weighted by molar-refractivity contribution is -0.116. The Morgan fingerprint density at radius 3 is 2.45 bits per heavy atom. The van der Waals surface area contributed by atoms with E-state index in [1.807, 2.05) is 18.2 Å². The van der Waals surface area contributed by atoms with E-state index in [1.54, 1.807) is 0 Å². The van der Waals surface area contributed by atoms with Gasteiger partial charge in [0.1, 0.15) is 0 Å². The molecule has 0 aliphatic heterocycles. The Morgan fingerprint density at radius 1 is 1.14 bits per heavy atom. The fourth-order valence-electron chi connectivity index (χ4n) is 2.31. The van der Waals surface area contributed by atoms with Gasteiger partial charge >= 0.3 is 0 Å². The van der Waals surface area contributed by atoms with Crippen molar-refractivity contribution < 1.29 is 4.79 Å². The van der Waals surface area contributed by atoms with E-state index in [-0.39, 0.29) is 11.3 Å². The maximum Gasteiger partial charge on any atom is 0.225 e. The van der Waals surface area contributed by atoms with Crippen LogP contribution in [0.2, 0.25) is 0 Å². The SMILES string of the molecule is CN(C)CCCNCCC(=O)Nc1ccccc1C(C)(C)C. The van der Waals surface area contributed by atoms with Crippen molar-refractivity contribution in [3.8, 4) is 0 Å². The van der Waals surface area contributed by atoms with E-state index in [4.69, 9.17) is 0 Å². The van der Waals surface area contributed by atoms with Gasteiger partial charge in [0, 0.05) is 18.7 Å². The average Bonchev–Trinajstić information content (AvgIpc) is 2.41. The number of carbonyl (C=O) groups is 1. The molecule has 4 heteroatoms. The van der Waals surface area contributed by atoms with Gasteiger partial charge in [-0.25, -0.2) is 0 Å². The van der Waals surface area contributed by atoms with Gasteiger partial charge in [-0.05, 0) is 50.7 Å². The summed E-state index contributed by atoms with van der Waals surface area (Å²) >= 11 is 0. The van der Waals surface area contributed by atoms with Gasteiger partial charge in [0.05, 0.1) is 0 Å². The van der Waals surface area contributed by atoms with Crippen molar-refractivity contribution in [2.45, 2.75) is 39.0 Å². The summed E-state index contributed by atoms with van der Waals surface area (Å²) in [5.41, 5.74) is 2.11. The van der Waals surface area contributed by atoms with Gasteiger partial charge in [-0.1, -0.05) is 39.0 Å². The fraction of sp³-hybridized carbons (Fsp3) is 0.611. The van der Waals surface area contributed by atoms with Crippen LogP contribution in [0.5, 0.6) is 0 Å². The molecule has 1 aromatic rings. The summed E-state index contributed by atoms with van der Waals surface area (Å²) in [7, 11) is 4.14. The predicted octanol–water partition coefficient (Wildman–Crippen LogP) is 2.85. The van der Waals surface area contributed by atoms with Crippen LogP contribution in [0, 0.1) is 0 Å². The number of amides is 1. The van der Waals surface area contributed by atoms with E-state index in [1.165, 1.54) is 5.56 Å². The van der Waals surface area contributed by atoms with E-state index in [0.29, 0.717) is 6.42 Å². The highest BCUT2D eigenvalue weighted by molar-refractivity contribution is 5.91. The van der Waals surface area contributed by atoms with Crippen molar-refractivity contribution in [2.24, 2.45) is 0 Å². The maximum atomic E-state index is 12.1. The van der Waals surface area contributed by atoms with Gasteiger partial charge in [-0.3, -0.25) is 4.79 Å². The highest BCUT2D eigenvalue weighted by atomic mass is 16.1. The molecule has 4 nitrogen and oxygen atoms in total. The first-order valence-electron chi connectivity index (χ1n) is 8.05. The third-order valence-electron chi connectivity index (χ3n) is 3.50. The first-order valence-corrected chi connectivity index (χ1v) is 8.05. The lowest BCUT2D eigenvalue weighted by Crippen LogP contribution is -2.25. The topological polar surface area (TPSA) is 44.4 Å². The van der Waals surface area contributed by atoms with Crippen molar-refractivity contribution in [3.63, 3.8) is 0 Å². The minimum atomic E-state index is 0.0221. The lowest BCUT2D eigenvalue weighted by atomic mass is 9.86. The van der Waals surface area contributed by atoms with Crippen LogP contribution in [0.3, 0.4) is 0 Å². The second kappa shape index (κ2) is 8.91. The van der Waals surface area contributed by atoms with Crippen LogP contribution in [0.4, 0.5) is 5.69 Å². The summed E-state index contributed by atoms with van der Waals surface area (Å²) in [5.74, 6) is 0.0665. The van der Waals surface area contributed by atoms with Crippen LogP contribution in [0.15, 0.2) is 24.3 Å². The minimum absolute atomic E-state index is 0.0221. The molecule has 0 heterocycles. The molecule has 0 bridgehead atoms. The van der Waals surface area contributed by atoms with E-state index >= 15 is 0 Å². The van der Waals surface area contributed by atoms with Crippen LogP contribution in [-0.2, 0) is 10.2 Å². The van der Waals surface area contributed by atoms with Crippen molar-refractivity contribution in [3.05, 3.63) is 29.8 Å². The predicted molar refractivity (Wildman–Crippen MR) is 94.4 cm³/mol. The normalized spacial score (nSPS) is 11.7. The van der Waals surface area contributed by atoms with Gasteiger partial charge in [-0.15, -0.1) is 0 Å². The van der Waals surface area contributed by atoms with E-state index in [9.17, 15) is 4.79 Å². The number of nitrogens with zero attached hydrogens (tertiary/aromatic N) is 1. The third kappa shape index (κ3) is 7.05. The Labute approximate surface area is 135 Å². The van der Waals surface area contributed by atoms with Crippen molar-refractivity contribution in [2.75, 3.05) is 39.0 Å². The molecule has 0 fully saturated rings. The molecule has 1 aromatic carbocycles. The molecule has 22 heavy (non-hydrogen) atoms. The summed E-state index contributed by atoms with van der Waals surface area (Å²) in [6, 6.07) is 8.03. The van der Waals surface area contributed by atoms with Gasteiger partial charge in [0.2, 0.25) is 5.91 Å². The van der Waals surface area contributed by atoms with Crippen LogP contribution in [-0.4, -0.2) is 44.5 Å². The highest BCUT2D eigenvalue weighted by Crippen LogP contribution is 2.29. The molecule has 0 saturated heterocycles. The molecule has 0 aliphatic carbocycles. The number of para-hydroxylation sites is 1. The Bertz CT molecular complexity index is 464. The van der Waals surface area contributed by atoms with E-state index < -0.39 is 0 Å². The molecule has 0 saturated carbocycles. The molecule has 1 amide bonds. The average molecular weight is 305 g/mol. The van der Waals surface area contributed by atoms with Crippen molar-refractivity contribution >= 4 is 11.6 Å². The summed E-state index contributed by atoms with van der Waals surface area (Å²) < 4.78 is 0. The van der Waals surface area contributed by atoms with Crippen LogP contribution in [0.1, 0.15) is 39.2 Å². The van der Waals surface area contributed by atoms with Crippen LogP contribution >= 0.6 is 0 Å². The Morgan fingerprint density at radius 2 is 1.82 bits per heavy atom.